The van der Waals surface area contributed by atoms with Crippen molar-refractivity contribution in [2.75, 3.05) is 26.0 Å². The Kier molecular flexibility index (Phi) is 7.12. The minimum Gasteiger partial charge on any atom is -0.347 e. The van der Waals surface area contributed by atoms with Crippen molar-refractivity contribution in [3.8, 4) is 0 Å². The average molecular weight is 576 g/mol. The lowest BCUT2D eigenvalue weighted by Crippen LogP contribution is -2.63. The predicted molar refractivity (Wildman–Crippen MR) is 154 cm³/mol. The van der Waals surface area contributed by atoms with Gasteiger partial charge in [0.1, 0.15) is 5.69 Å². The molecule has 1 spiro atoms. The van der Waals surface area contributed by atoms with Gasteiger partial charge in [-0.05, 0) is 60.4 Å². The highest BCUT2D eigenvalue weighted by molar-refractivity contribution is 5.95. The van der Waals surface area contributed by atoms with E-state index in [9.17, 15) is 23.2 Å². The van der Waals surface area contributed by atoms with Gasteiger partial charge < -0.3 is 20.1 Å². The van der Waals surface area contributed by atoms with Crippen molar-refractivity contribution in [2.24, 2.45) is 5.92 Å². The summed E-state index contributed by atoms with van der Waals surface area (Å²) in [5.41, 5.74) is 3.47. The first kappa shape index (κ1) is 28.1. The minimum atomic E-state index is -2.76. The number of alkyl halides is 2. The molecule has 2 aliphatic carbocycles. The fourth-order valence-electron chi connectivity index (χ4n) is 6.15. The molecule has 0 saturated heterocycles. The van der Waals surface area contributed by atoms with E-state index in [1.54, 1.807) is 32.3 Å². The number of fused-ring (bicyclic) bond motifs is 2. The third-order valence-electron chi connectivity index (χ3n) is 8.59. The van der Waals surface area contributed by atoms with Crippen LogP contribution in [0.5, 0.6) is 0 Å². The summed E-state index contributed by atoms with van der Waals surface area (Å²) in [5.74, 6) is -2.94. The Morgan fingerprint density at radius 1 is 0.905 bits per heavy atom. The number of carbonyl (C=O) groups is 3. The Hall–Kier alpha value is -4.05. The van der Waals surface area contributed by atoms with E-state index in [0.29, 0.717) is 37.4 Å². The van der Waals surface area contributed by atoms with Gasteiger partial charge in [-0.3, -0.25) is 19.3 Å². The van der Waals surface area contributed by atoms with Crippen LogP contribution < -0.4 is 10.6 Å². The molecule has 6 rings (SSSR count). The van der Waals surface area contributed by atoms with E-state index >= 15 is 0 Å². The van der Waals surface area contributed by atoms with E-state index in [1.165, 1.54) is 4.90 Å². The van der Waals surface area contributed by atoms with Crippen LogP contribution in [0, 0.1) is 5.92 Å². The van der Waals surface area contributed by atoms with Gasteiger partial charge in [0.2, 0.25) is 5.91 Å². The van der Waals surface area contributed by atoms with Crippen LogP contribution >= 0.6 is 0 Å². The number of nitrogens with zero attached hydrogens (tertiary/aromatic N) is 3. The molecule has 2 fully saturated rings. The van der Waals surface area contributed by atoms with Crippen molar-refractivity contribution in [1.29, 1.82) is 0 Å². The fourth-order valence-corrected chi connectivity index (χ4v) is 6.15. The maximum atomic E-state index is 14.4. The molecule has 10 heteroatoms. The number of anilines is 1. The molecule has 42 heavy (non-hydrogen) atoms. The van der Waals surface area contributed by atoms with Crippen LogP contribution in [0.4, 0.5) is 14.5 Å². The molecule has 3 amide bonds. The molecule has 0 bridgehead atoms. The summed E-state index contributed by atoms with van der Waals surface area (Å²) in [4.78, 5) is 41.0. The van der Waals surface area contributed by atoms with Gasteiger partial charge in [-0.25, -0.2) is 8.78 Å². The molecule has 0 atom stereocenters. The fraction of sp³-hybridized carbons (Fsp3) is 0.406. The Morgan fingerprint density at radius 3 is 2.19 bits per heavy atom. The van der Waals surface area contributed by atoms with Gasteiger partial charge in [0.15, 0.2) is 0 Å². The summed E-state index contributed by atoms with van der Waals surface area (Å²) in [7, 11) is 3.40. The molecule has 2 saturated carbocycles. The van der Waals surface area contributed by atoms with Crippen LogP contribution in [0.15, 0.2) is 60.7 Å². The van der Waals surface area contributed by atoms with Crippen molar-refractivity contribution in [3.05, 3.63) is 88.7 Å². The number of aromatic nitrogens is 1. The summed E-state index contributed by atoms with van der Waals surface area (Å²) in [6, 6.07) is 18.2. The van der Waals surface area contributed by atoms with Gasteiger partial charge in [0.25, 0.3) is 17.7 Å². The molecule has 2 aromatic carbocycles. The summed E-state index contributed by atoms with van der Waals surface area (Å²) in [6.45, 7) is 1.80. The van der Waals surface area contributed by atoms with Crippen molar-refractivity contribution >= 4 is 23.4 Å². The standard InChI is InChI=1S/C32H35F2N5O3/c1-37(2)30(42)24-7-3-22(4-8-24)18-38-15-16-39-26(13-14-27(39)31(38)19-32(33,34)20-31)29(41)35-17-21-5-11-25(12-6-21)36-28(40)23-9-10-23/h3-8,11-14,23H,9-10,15-20H2,1-2H3,(H,35,41)(H,36,40). The van der Waals surface area contributed by atoms with Gasteiger partial charge in [-0.1, -0.05) is 24.3 Å². The molecule has 2 N–H and O–H groups in total. The Labute approximate surface area is 243 Å². The molecule has 0 radical (unpaired) electrons. The van der Waals surface area contributed by atoms with Gasteiger partial charge in [-0.15, -0.1) is 0 Å². The highest BCUT2D eigenvalue weighted by Gasteiger charge is 2.62. The predicted octanol–water partition coefficient (Wildman–Crippen LogP) is 4.61. The lowest BCUT2D eigenvalue weighted by molar-refractivity contribution is -0.192. The SMILES string of the molecule is CN(C)C(=O)c1ccc(CN2CCn3c(C(=O)NCc4ccc(NC(=O)C5CC5)cc4)ccc3C23CC(F)(F)C3)cc1. The zero-order chi connectivity index (χ0) is 29.6. The first-order chi connectivity index (χ1) is 20.0. The molecule has 220 valence electrons. The lowest BCUT2D eigenvalue weighted by atomic mass is 9.68. The summed E-state index contributed by atoms with van der Waals surface area (Å²) >= 11 is 0. The summed E-state index contributed by atoms with van der Waals surface area (Å²) < 4.78 is 30.7. The van der Waals surface area contributed by atoms with Crippen LogP contribution in [0.1, 0.15) is 63.4 Å². The number of rotatable bonds is 8. The number of benzene rings is 2. The molecule has 8 nitrogen and oxygen atoms in total. The average Bonchev–Trinajstić information content (AvgIpc) is 3.72. The van der Waals surface area contributed by atoms with E-state index in [2.05, 4.69) is 15.5 Å². The molecule has 0 unspecified atom stereocenters. The topological polar surface area (TPSA) is 86.7 Å². The van der Waals surface area contributed by atoms with Crippen LogP contribution in [0.25, 0.3) is 0 Å². The second-order valence-corrected chi connectivity index (χ2v) is 12.0. The van der Waals surface area contributed by atoms with E-state index < -0.39 is 11.5 Å². The second-order valence-electron chi connectivity index (χ2n) is 12.0. The normalized spacial score (nSPS) is 18.6. The van der Waals surface area contributed by atoms with Crippen LogP contribution in [-0.2, 0) is 30.0 Å². The number of nitrogens with one attached hydrogen (secondary N) is 2. The molecule has 1 aromatic heterocycles. The Morgan fingerprint density at radius 2 is 1.57 bits per heavy atom. The summed E-state index contributed by atoms with van der Waals surface area (Å²) in [5, 5.41) is 5.86. The summed E-state index contributed by atoms with van der Waals surface area (Å²) in [6.07, 6.45) is 1.28. The quantitative estimate of drug-likeness (QED) is 0.411. The maximum absolute atomic E-state index is 14.4. The van der Waals surface area contributed by atoms with Gasteiger partial charge in [0, 0.05) is 76.0 Å². The molecule has 1 aliphatic heterocycles. The van der Waals surface area contributed by atoms with Crippen molar-refractivity contribution in [3.63, 3.8) is 0 Å². The zero-order valence-corrected chi connectivity index (χ0v) is 23.8. The highest BCUT2D eigenvalue weighted by Crippen LogP contribution is 2.57. The van der Waals surface area contributed by atoms with Crippen LogP contribution in [0.3, 0.4) is 0 Å². The van der Waals surface area contributed by atoms with E-state index in [4.69, 9.17) is 0 Å². The second kappa shape index (κ2) is 10.7. The molecule has 3 aliphatic rings. The van der Waals surface area contributed by atoms with Crippen molar-refractivity contribution in [1.82, 2.24) is 19.7 Å². The molecule has 2 heterocycles. The highest BCUT2D eigenvalue weighted by atomic mass is 19.3. The van der Waals surface area contributed by atoms with Gasteiger partial charge >= 0.3 is 0 Å². The van der Waals surface area contributed by atoms with Crippen LogP contribution in [-0.4, -0.2) is 58.7 Å². The third kappa shape index (κ3) is 5.43. The zero-order valence-electron chi connectivity index (χ0n) is 23.8. The minimum absolute atomic E-state index is 0.0454. The smallest absolute Gasteiger partial charge is 0.268 e. The van der Waals surface area contributed by atoms with Crippen molar-refractivity contribution < 1.29 is 23.2 Å². The Balaban J connectivity index is 1.14. The third-order valence-corrected chi connectivity index (χ3v) is 8.59. The van der Waals surface area contributed by atoms with E-state index in [1.807, 2.05) is 47.0 Å². The maximum Gasteiger partial charge on any atom is 0.268 e. The van der Waals surface area contributed by atoms with E-state index in [-0.39, 0.29) is 36.5 Å². The molecular formula is C32H35F2N5O3. The van der Waals surface area contributed by atoms with Crippen LogP contribution in [0.2, 0.25) is 0 Å². The monoisotopic (exact) mass is 575 g/mol. The number of hydrogen-bond donors (Lipinski definition) is 2. The van der Waals surface area contributed by atoms with Gasteiger partial charge in [0.05, 0.1) is 5.54 Å². The number of hydrogen-bond acceptors (Lipinski definition) is 4. The molecular weight excluding hydrogens is 540 g/mol. The number of halogens is 2. The lowest BCUT2D eigenvalue weighted by Gasteiger charge is -2.56. The first-order valence-electron chi connectivity index (χ1n) is 14.4. The first-order valence-corrected chi connectivity index (χ1v) is 14.4. The number of amides is 3. The largest absolute Gasteiger partial charge is 0.347 e. The van der Waals surface area contributed by atoms with E-state index in [0.717, 1.165) is 35.3 Å². The molecule has 3 aromatic rings. The van der Waals surface area contributed by atoms with Gasteiger partial charge in [-0.2, -0.15) is 0 Å². The number of carbonyl (C=O) groups excluding carboxylic acids is 3. The Bertz CT molecular complexity index is 1500. The van der Waals surface area contributed by atoms with Crippen molar-refractivity contribution in [2.45, 2.75) is 56.8 Å².